The number of aliphatic hydroxyl groups is 1. The minimum Gasteiger partial charge on any atom is -0.507 e. The molecule has 9 nitrogen and oxygen atoms in total. The Bertz CT molecular complexity index is 1620. The molecule has 0 radical (unpaired) electrons. The number of ether oxygens (including phenoxy) is 1. The fourth-order valence-corrected chi connectivity index (χ4v) is 6.34. The second kappa shape index (κ2) is 11.1. The number of benzene rings is 2. The molecule has 198 valence electrons. The van der Waals surface area contributed by atoms with E-state index in [2.05, 4.69) is 31.1 Å². The fourth-order valence-electron chi connectivity index (χ4n) is 4.03. The Morgan fingerprint density at radius 1 is 1.18 bits per heavy atom. The van der Waals surface area contributed by atoms with Crippen LogP contribution < -0.4 is 9.64 Å². The monoisotopic (exact) mass is 628 g/mol. The van der Waals surface area contributed by atoms with Gasteiger partial charge in [0.15, 0.2) is 15.8 Å². The second-order valence-electron chi connectivity index (χ2n) is 8.19. The maximum atomic E-state index is 14.1. The molecule has 2 aromatic heterocycles. The van der Waals surface area contributed by atoms with Gasteiger partial charge >= 0.3 is 5.91 Å². The van der Waals surface area contributed by atoms with E-state index in [9.17, 15) is 24.2 Å². The number of Topliss-reactive ketones (excluding diaryl/α,β-unsaturated/α-hetero) is 1. The number of hydrogen-bond acceptors (Lipinski definition) is 10. The number of rotatable bonds is 7. The van der Waals surface area contributed by atoms with Crippen molar-refractivity contribution >= 4 is 61.6 Å². The topological polar surface area (TPSA) is 126 Å². The van der Waals surface area contributed by atoms with Crippen molar-refractivity contribution in [3.63, 3.8) is 0 Å². The third kappa shape index (κ3) is 5.12. The van der Waals surface area contributed by atoms with Gasteiger partial charge in [-0.3, -0.25) is 19.5 Å². The summed E-state index contributed by atoms with van der Waals surface area (Å²) in [7, 11) is 1.36. The number of aromatic hydroxyl groups is 1. The third-order valence-electron chi connectivity index (χ3n) is 5.90. The first kappa shape index (κ1) is 26.8. The molecule has 1 aliphatic heterocycles. The summed E-state index contributed by atoms with van der Waals surface area (Å²) in [4.78, 5) is 31.8. The number of pyridine rings is 1. The summed E-state index contributed by atoms with van der Waals surface area (Å²) in [6.07, 6.45) is 2.90. The molecule has 1 amide bonds. The highest BCUT2D eigenvalue weighted by molar-refractivity contribution is 9.10. The number of carbonyl (C=O) groups excluding carboxylic acids is 2. The molecule has 2 aromatic carbocycles. The van der Waals surface area contributed by atoms with Crippen molar-refractivity contribution in [2.75, 3.05) is 12.0 Å². The van der Waals surface area contributed by atoms with Crippen molar-refractivity contribution in [2.24, 2.45) is 0 Å². The first-order chi connectivity index (χ1) is 18.8. The van der Waals surface area contributed by atoms with Gasteiger partial charge in [0.2, 0.25) is 5.13 Å². The van der Waals surface area contributed by atoms with Crippen LogP contribution in [0, 0.1) is 5.82 Å². The molecule has 1 saturated heterocycles. The van der Waals surface area contributed by atoms with Gasteiger partial charge in [-0.25, -0.2) is 4.39 Å². The molecule has 1 fully saturated rings. The number of ketones is 1. The SMILES string of the molecule is COc1cc(C2/C(=C(\O)c3ccncc3)C(=O)C(=O)N2c2nnc(SCc3ccccc3F)s2)cc(Br)c1O. The number of thioether (sulfide) groups is 1. The lowest BCUT2D eigenvalue weighted by Crippen LogP contribution is -2.29. The summed E-state index contributed by atoms with van der Waals surface area (Å²) in [5, 5.41) is 29.9. The maximum Gasteiger partial charge on any atom is 0.301 e. The molecule has 3 heterocycles. The zero-order chi connectivity index (χ0) is 27.7. The Labute approximate surface area is 238 Å². The van der Waals surface area contributed by atoms with Crippen LogP contribution in [0.4, 0.5) is 9.52 Å². The van der Waals surface area contributed by atoms with Crippen LogP contribution in [-0.2, 0) is 15.3 Å². The standard InChI is InChI=1S/C26H18BrFN4O5S2/c1-37-18-11-15(10-16(27)22(18)34)20-19(21(33)13-6-8-29-9-7-13)23(35)24(36)32(20)25-30-31-26(39-25)38-12-14-4-2-3-5-17(14)28/h2-11,20,33-34H,12H2,1H3/b21-19+. The van der Waals surface area contributed by atoms with Gasteiger partial charge in [-0.2, -0.15) is 0 Å². The van der Waals surface area contributed by atoms with Crippen LogP contribution in [0.15, 0.2) is 75.3 Å². The van der Waals surface area contributed by atoms with E-state index < -0.39 is 23.5 Å². The Balaban J connectivity index is 1.59. The van der Waals surface area contributed by atoms with Crippen LogP contribution in [0.25, 0.3) is 5.76 Å². The van der Waals surface area contributed by atoms with Gasteiger partial charge in [0, 0.05) is 23.7 Å². The number of phenolic OH excluding ortho intramolecular Hbond substituents is 1. The van der Waals surface area contributed by atoms with Crippen LogP contribution in [0.1, 0.15) is 22.7 Å². The molecule has 4 aromatic rings. The van der Waals surface area contributed by atoms with Crippen molar-refractivity contribution < 1.29 is 28.9 Å². The van der Waals surface area contributed by atoms with E-state index in [1.54, 1.807) is 18.2 Å². The van der Waals surface area contributed by atoms with Gasteiger partial charge in [-0.05, 0) is 57.4 Å². The summed E-state index contributed by atoms with van der Waals surface area (Å²) in [6.45, 7) is 0. The molecule has 13 heteroatoms. The molecule has 1 unspecified atom stereocenters. The lowest BCUT2D eigenvalue weighted by Gasteiger charge is -2.23. The van der Waals surface area contributed by atoms with Crippen LogP contribution in [0.3, 0.4) is 0 Å². The largest absolute Gasteiger partial charge is 0.507 e. The number of carbonyl (C=O) groups is 2. The average molecular weight is 629 g/mol. The minimum atomic E-state index is -1.12. The Hall–Kier alpha value is -3.81. The summed E-state index contributed by atoms with van der Waals surface area (Å²) in [5.74, 6) is -2.38. The number of halogens is 2. The predicted octanol–water partition coefficient (Wildman–Crippen LogP) is 5.47. The molecular formula is C26H18BrFN4O5S2. The van der Waals surface area contributed by atoms with Crippen LogP contribution in [0.5, 0.6) is 11.5 Å². The summed E-state index contributed by atoms with van der Waals surface area (Å²) >= 11 is 5.57. The minimum absolute atomic E-state index is 0.0901. The third-order valence-corrected chi connectivity index (χ3v) is 8.60. The van der Waals surface area contributed by atoms with Crippen molar-refractivity contribution in [3.8, 4) is 11.5 Å². The van der Waals surface area contributed by atoms with E-state index in [4.69, 9.17) is 4.74 Å². The molecule has 0 spiro atoms. The average Bonchev–Trinajstić information content (AvgIpc) is 3.51. The molecule has 1 atom stereocenters. The van der Waals surface area contributed by atoms with E-state index in [1.165, 1.54) is 61.6 Å². The highest BCUT2D eigenvalue weighted by Gasteiger charge is 2.48. The van der Waals surface area contributed by atoms with Gasteiger partial charge in [0.25, 0.3) is 5.78 Å². The summed E-state index contributed by atoms with van der Waals surface area (Å²) in [6, 6.07) is 11.3. The maximum absolute atomic E-state index is 14.1. The zero-order valence-corrected chi connectivity index (χ0v) is 23.3. The number of aromatic nitrogens is 3. The van der Waals surface area contributed by atoms with Crippen molar-refractivity contribution in [1.82, 2.24) is 15.2 Å². The number of phenols is 1. The van der Waals surface area contributed by atoms with Gasteiger partial charge in [-0.1, -0.05) is 41.3 Å². The Kier molecular flexibility index (Phi) is 7.64. The van der Waals surface area contributed by atoms with Gasteiger partial charge in [0.1, 0.15) is 11.6 Å². The molecule has 2 N–H and O–H groups in total. The van der Waals surface area contributed by atoms with Crippen molar-refractivity contribution in [1.29, 1.82) is 0 Å². The van der Waals surface area contributed by atoms with E-state index in [0.29, 0.717) is 15.5 Å². The smallest absolute Gasteiger partial charge is 0.301 e. The highest BCUT2D eigenvalue weighted by Crippen LogP contribution is 2.47. The molecule has 39 heavy (non-hydrogen) atoms. The van der Waals surface area contributed by atoms with Crippen LogP contribution in [-0.4, -0.2) is 44.2 Å². The van der Waals surface area contributed by atoms with Gasteiger partial charge < -0.3 is 14.9 Å². The zero-order valence-electron chi connectivity index (χ0n) is 20.0. The summed E-state index contributed by atoms with van der Waals surface area (Å²) in [5.41, 5.74) is 0.956. The number of nitrogens with zero attached hydrogens (tertiary/aromatic N) is 4. The van der Waals surface area contributed by atoms with Crippen molar-refractivity contribution in [3.05, 3.63) is 93.5 Å². The number of methoxy groups -OCH3 is 1. The molecular weight excluding hydrogens is 611 g/mol. The normalized spacial score (nSPS) is 16.6. The fraction of sp³-hybridized carbons (Fsp3) is 0.115. The number of aliphatic hydroxyl groups excluding tert-OH is 1. The van der Waals surface area contributed by atoms with E-state index in [-0.39, 0.29) is 43.8 Å². The first-order valence-electron chi connectivity index (χ1n) is 11.3. The molecule has 5 rings (SSSR count). The highest BCUT2D eigenvalue weighted by atomic mass is 79.9. The predicted molar refractivity (Wildman–Crippen MR) is 147 cm³/mol. The lowest BCUT2D eigenvalue weighted by molar-refractivity contribution is -0.132. The van der Waals surface area contributed by atoms with Gasteiger partial charge in [-0.15, -0.1) is 10.2 Å². The van der Waals surface area contributed by atoms with Crippen LogP contribution >= 0.6 is 39.0 Å². The summed E-state index contributed by atoms with van der Waals surface area (Å²) < 4.78 is 20.0. The molecule has 0 aliphatic carbocycles. The van der Waals surface area contributed by atoms with E-state index in [1.807, 2.05) is 0 Å². The van der Waals surface area contributed by atoms with Crippen molar-refractivity contribution in [2.45, 2.75) is 16.1 Å². The first-order valence-corrected chi connectivity index (χ1v) is 13.9. The Morgan fingerprint density at radius 3 is 2.64 bits per heavy atom. The quantitative estimate of drug-likeness (QED) is 0.0901. The lowest BCUT2D eigenvalue weighted by atomic mass is 9.95. The second-order valence-corrected chi connectivity index (χ2v) is 11.2. The number of amides is 1. The molecule has 1 aliphatic rings. The number of hydrogen-bond donors (Lipinski definition) is 2. The molecule has 0 saturated carbocycles. The van der Waals surface area contributed by atoms with Gasteiger partial charge in [0.05, 0.1) is 23.2 Å². The number of anilines is 1. The Morgan fingerprint density at radius 2 is 1.92 bits per heavy atom. The molecule has 0 bridgehead atoms. The van der Waals surface area contributed by atoms with E-state index >= 15 is 0 Å². The van der Waals surface area contributed by atoms with Crippen LogP contribution in [0.2, 0.25) is 0 Å². The van der Waals surface area contributed by atoms with E-state index in [0.717, 1.165) is 16.2 Å².